The van der Waals surface area contributed by atoms with Gasteiger partial charge in [-0.2, -0.15) is 0 Å². The first-order chi connectivity index (χ1) is 6.40. The lowest BCUT2D eigenvalue weighted by molar-refractivity contribution is -0.116. The van der Waals surface area contributed by atoms with Crippen molar-refractivity contribution in [2.75, 3.05) is 32.8 Å². The van der Waals surface area contributed by atoms with E-state index in [0.29, 0.717) is 12.2 Å². The summed E-state index contributed by atoms with van der Waals surface area (Å²) in [6.45, 7) is 7.15. The van der Waals surface area contributed by atoms with Gasteiger partial charge in [0.25, 0.3) is 0 Å². The summed E-state index contributed by atoms with van der Waals surface area (Å²) < 4.78 is 11.3. The van der Waals surface area contributed by atoms with Crippen LogP contribution in [0.15, 0.2) is 0 Å². The highest BCUT2D eigenvalue weighted by molar-refractivity contribution is 4.87. The van der Waals surface area contributed by atoms with Crippen molar-refractivity contribution >= 4 is 0 Å². The smallest absolute Gasteiger partial charge is 0.0976 e. The minimum Gasteiger partial charge on any atom is -0.372 e. The number of unbranched alkanes of at least 4 members (excludes halogenated alkanes) is 1. The second-order valence-corrected chi connectivity index (χ2v) is 3.93. The molecule has 0 N–H and O–H groups in total. The van der Waals surface area contributed by atoms with Crippen LogP contribution in [0, 0.1) is 0 Å². The number of likely N-dealkylation sites (tertiary alicyclic amines) is 1. The van der Waals surface area contributed by atoms with Gasteiger partial charge in [0, 0.05) is 13.1 Å². The molecular formula is C10H19NO2. The molecule has 0 aliphatic carbocycles. The molecule has 2 rings (SSSR count). The molecule has 0 bridgehead atoms. The molecule has 0 saturated carbocycles. The highest BCUT2D eigenvalue weighted by atomic mass is 16.6. The molecule has 3 heteroatoms. The van der Waals surface area contributed by atoms with Crippen LogP contribution in [0.2, 0.25) is 0 Å². The molecule has 0 spiro atoms. The zero-order valence-electron chi connectivity index (χ0n) is 8.37. The van der Waals surface area contributed by atoms with E-state index in [1.807, 2.05) is 0 Å². The minimum absolute atomic E-state index is 0.352. The second-order valence-electron chi connectivity index (χ2n) is 3.93. The molecule has 76 valence electrons. The summed E-state index contributed by atoms with van der Waals surface area (Å²) >= 11 is 0. The van der Waals surface area contributed by atoms with Crippen molar-refractivity contribution in [1.29, 1.82) is 0 Å². The van der Waals surface area contributed by atoms with Crippen LogP contribution in [0.1, 0.15) is 19.8 Å². The quantitative estimate of drug-likeness (QED) is 0.651. The van der Waals surface area contributed by atoms with E-state index < -0.39 is 0 Å². The molecule has 0 aromatic heterocycles. The van der Waals surface area contributed by atoms with E-state index in [-0.39, 0.29) is 0 Å². The maximum Gasteiger partial charge on any atom is 0.0976 e. The first-order valence-electron chi connectivity index (χ1n) is 5.35. The predicted molar refractivity (Wildman–Crippen MR) is 50.8 cm³/mol. The van der Waals surface area contributed by atoms with Crippen molar-refractivity contribution in [2.45, 2.75) is 32.0 Å². The predicted octanol–water partition coefficient (Wildman–Crippen LogP) is 0.886. The normalized spacial score (nSPS) is 34.8. The Kier molecular flexibility index (Phi) is 3.19. The van der Waals surface area contributed by atoms with Crippen LogP contribution in [0.25, 0.3) is 0 Å². The zero-order chi connectivity index (χ0) is 9.10. The Labute approximate surface area is 80.0 Å². The molecule has 3 nitrogen and oxygen atoms in total. The van der Waals surface area contributed by atoms with Gasteiger partial charge in [0.2, 0.25) is 0 Å². The number of hydrogen-bond acceptors (Lipinski definition) is 3. The van der Waals surface area contributed by atoms with Gasteiger partial charge in [0.15, 0.2) is 0 Å². The molecule has 0 aromatic rings. The highest BCUT2D eigenvalue weighted by Crippen LogP contribution is 2.20. The molecule has 0 amide bonds. The monoisotopic (exact) mass is 185 g/mol. The van der Waals surface area contributed by atoms with Crippen LogP contribution >= 0.6 is 0 Å². The summed E-state index contributed by atoms with van der Waals surface area (Å²) in [5, 5.41) is 0. The van der Waals surface area contributed by atoms with Crippen molar-refractivity contribution in [3.05, 3.63) is 0 Å². The number of ether oxygens (including phenoxy) is 2. The maximum absolute atomic E-state index is 5.65. The summed E-state index contributed by atoms with van der Waals surface area (Å²) in [7, 11) is 0. The lowest BCUT2D eigenvalue weighted by Gasteiger charge is -2.24. The van der Waals surface area contributed by atoms with Crippen molar-refractivity contribution in [1.82, 2.24) is 4.90 Å². The van der Waals surface area contributed by atoms with E-state index in [1.165, 1.54) is 19.4 Å². The Hall–Kier alpha value is -0.120. The van der Waals surface area contributed by atoms with Gasteiger partial charge in [-0.3, -0.25) is 4.90 Å². The van der Waals surface area contributed by atoms with Gasteiger partial charge in [-0.05, 0) is 13.0 Å². The molecule has 2 atom stereocenters. The van der Waals surface area contributed by atoms with Gasteiger partial charge in [0.05, 0.1) is 25.4 Å². The van der Waals surface area contributed by atoms with Crippen molar-refractivity contribution in [2.24, 2.45) is 0 Å². The molecule has 0 radical (unpaired) electrons. The van der Waals surface area contributed by atoms with Gasteiger partial charge in [-0.1, -0.05) is 13.3 Å². The van der Waals surface area contributed by atoms with Crippen LogP contribution in [-0.2, 0) is 9.47 Å². The largest absolute Gasteiger partial charge is 0.372 e. The van der Waals surface area contributed by atoms with Crippen LogP contribution in [-0.4, -0.2) is 50.0 Å². The van der Waals surface area contributed by atoms with E-state index in [4.69, 9.17) is 9.47 Å². The molecule has 0 aromatic carbocycles. The fourth-order valence-corrected chi connectivity index (χ4v) is 2.10. The van der Waals surface area contributed by atoms with Gasteiger partial charge in [-0.15, -0.1) is 0 Å². The molecule has 2 aliphatic rings. The maximum atomic E-state index is 5.65. The first kappa shape index (κ1) is 9.44. The van der Waals surface area contributed by atoms with E-state index in [0.717, 1.165) is 26.3 Å². The summed E-state index contributed by atoms with van der Waals surface area (Å²) in [5.74, 6) is 0. The van der Waals surface area contributed by atoms with Crippen LogP contribution < -0.4 is 0 Å². The van der Waals surface area contributed by atoms with Gasteiger partial charge >= 0.3 is 0 Å². The fraction of sp³-hybridized carbons (Fsp3) is 1.00. The Morgan fingerprint density at radius 1 is 1.15 bits per heavy atom. The van der Waals surface area contributed by atoms with Crippen molar-refractivity contribution in [3.63, 3.8) is 0 Å². The summed E-state index contributed by atoms with van der Waals surface area (Å²) in [6, 6.07) is 0. The van der Waals surface area contributed by atoms with Gasteiger partial charge < -0.3 is 9.47 Å². The SMILES string of the molecule is CCCCN1CC2OCCOC2C1. The Balaban J connectivity index is 1.77. The summed E-state index contributed by atoms with van der Waals surface area (Å²) in [4.78, 5) is 2.46. The van der Waals surface area contributed by atoms with Crippen LogP contribution in [0.5, 0.6) is 0 Å². The molecule has 2 unspecified atom stereocenters. The Bertz CT molecular complexity index is 149. The van der Waals surface area contributed by atoms with E-state index in [1.54, 1.807) is 0 Å². The number of nitrogens with zero attached hydrogens (tertiary/aromatic N) is 1. The van der Waals surface area contributed by atoms with Crippen LogP contribution in [0.4, 0.5) is 0 Å². The fourth-order valence-electron chi connectivity index (χ4n) is 2.10. The van der Waals surface area contributed by atoms with E-state index in [9.17, 15) is 0 Å². The molecule has 2 saturated heterocycles. The third-order valence-electron chi connectivity index (χ3n) is 2.87. The number of rotatable bonds is 3. The molecule has 13 heavy (non-hydrogen) atoms. The number of hydrogen-bond donors (Lipinski definition) is 0. The van der Waals surface area contributed by atoms with Gasteiger partial charge in [-0.25, -0.2) is 0 Å². The summed E-state index contributed by atoms with van der Waals surface area (Å²) in [5.41, 5.74) is 0. The zero-order valence-corrected chi connectivity index (χ0v) is 8.37. The minimum atomic E-state index is 0.352. The third-order valence-corrected chi connectivity index (χ3v) is 2.87. The molecular weight excluding hydrogens is 166 g/mol. The summed E-state index contributed by atoms with van der Waals surface area (Å²) in [6.07, 6.45) is 3.27. The van der Waals surface area contributed by atoms with E-state index >= 15 is 0 Å². The van der Waals surface area contributed by atoms with Crippen molar-refractivity contribution in [3.8, 4) is 0 Å². The van der Waals surface area contributed by atoms with Crippen molar-refractivity contribution < 1.29 is 9.47 Å². The van der Waals surface area contributed by atoms with Gasteiger partial charge in [0.1, 0.15) is 0 Å². The topological polar surface area (TPSA) is 21.7 Å². The highest BCUT2D eigenvalue weighted by Gasteiger charge is 2.35. The molecule has 2 aliphatic heterocycles. The number of fused-ring (bicyclic) bond motifs is 1. The standard InChI is InChI=1S/C10H19NO2/c1-2-3-4-11-7-9-10(8-11)13-6-5-12-9/h9-10H,2-8H2,1H3. The Morgan fingerprint density at radius 3 is 2.31 bits per heavy atom. The van der Waals surface area contributed by atoms with E-state index in [2.05, 4.69) is 11.8 Å². The lowest BCUT2D eigenvalue weighted by atomic mass is 10.2. The second kappa shape index (κ2) is 4.40. The first-order valence-corrected chi connectivity index (χ1v) is 5.35. The molecule has 2 heterocycles. The lowest BCUT2D eigenvalue weighted by Crippen LogP contribution is -2.36. The average molecular weight is 185 g/mol. The Morgan fingerprint density at radius 2 is 1.77 bits per heavy atom. The third kappa shape index (κ3) is 2.22. The van der Waals surface area contributed by atoms with Crippen LogP contribution in [0.3, 0.4) is 0 Å². The molecule has 2 fully saturated rings. The average Bonchev–Trinajstić information content (AvgIpc) is 2.57.